The standard InChI is InChI=1S/C21H32O2/c1-13-11-21-10-8-16-19(2,3)15(18(22)23)7-9-20(16,4)17(21)6-5-14(13)12-21/h12-13,15-17H,5-11H2,1-4H3,(H,22,23)/t13-,15?,16+,17-,20+,21+/m1/s1. The first-order valence-electron chi connectivity index (χ1n) is 9.65. The summed E-state index contributed by atoms with van der Waals surface area (Å²) in [5, 5.41) is 9.71. The highest BCUT2D eigenvalue weighted by atomic mass is 16.4. The van der Waals surface area contributed by atoms with Crippen LogP contribution in [0.15, 0.2) is 11.6 Å². The Bertz CT molecular complexity index is 574. The van der Waals surface area contributed by atoms with Crippen molar-refractivity contribution in [1.82, 2.24) is 0 Å². The van der Waals surface area contributed by atoms with Gasteiger partial charge in [0.25, 0.3) is 0 Å². The first-order chi connectivity index (χ1) is 10.7. The summed E-state index contributed by atoms with van der Waals surface area (Å²) in [5.74, 6) is 1.38. The fourth-order valence-electron chi connectivity index (χ4n) is 7.83. The van der Waals surface area contributed by atoms with Crippen molar-refractivity contribution >= 4 is 5.97 Å². The van der Waals surface area contributed by atoms with E-state index in [9.17, 15) is 9.90 Å². The summed E-state index contributed by atoms with van der Waals surface area (Å²) >= 11 is 0. The Morgan fingerprint density at radius 1 is 1.13 bits per heavy atom. The lowest BCUT2D eigenvalue weighted by molar-refractivity contribution is -0.172. The summed E-state index contributed by atoms with van der Waals surface area (Å²) in [6, 6.07) is 0. The van der Waals surface area contributed by atoms with Crippen LogP contribution in [0.5, 0.6) is 0 Å². The van der Waals surface area contributed by atoms with Crippen LogP contribution in [0.3, 0.4) is 0 Å². The third-order valence-electron chi connectivity index (χ3n) is 8.76. The molecule has 2 fully saturated rings. The molecule has 4 rings (SSSR count). The predicted molar refractivity (Wildman–Crippen MR) is 92.0 cm³/mol. The van der Waals surface area contributed by atoms with E-state index in [1.54, 1.807) is 5.57 Å². The smallest absolute Gasteiger partial charge is 0.307 e. The largest absolute Gasteiger partial charge is 0.481 e. The summed E-state index contributed by atoms with van der Waals surface area (Å²) in [6.07, 6.45) is 11.2. The average Bonchev–Trinajstić information content (AvgIpc) is 2.67. The Kier molecular flexibility index (Phi) is 3.17. The predicted octanol–water partition coefficient (Wildman–Crippen LogP) is 5.29. The van der Waals surface area contributed by atoms with Crippen molar-refractivity contribution in [3.63, 3.8) is 0 Å². The Labute approximate surface area is 140 Å². The van der Waals surface area contributed by atoms with Gasteiger partial charge in [0.2, 0.25) is 0 Å². The molecule has 0 radical (unpaired) electrons. The summed E-state index contributed by atoms with van der Waals surface area (Å²) < 4.78 is 0. The molecule has 0 aromatic carbocycles. The molecule has 2 nitrogen and oxygen atoms in total. The first kappa shape index (κ1) is 15.7. The normalized spacial score (nSPS) is 50.7. The maximum Gasteiger partial charge on any atom is 0.307 e. The highest BCUT2D eigenvalue weighted by molar-refractivity contribution is 5.71. The van der Waals surface area contributed by atoms with Gasteiger partial charge in [0.05, 0.1) is 5.92 Å². The molecule has 2 bridgehead atoms. The van der Waals surface area contributed by atoms with Crippen molar-refractivity contribution in [1.29, 1.82) is 0 Å². The summed E-state index contributed by atoms with van der Waals surface area (Å²) in [6.45, 7) is 9.42. The molecule has 128 valence electrons. The number of fused-ring (bicyclic) bond motifs is 2. The van der Waals surface area contributed by atoms with E-state index in [-0.39, 0.29) is 11.3 Å². The monoisotopic (exact) mass is 316 g/mol. The fraction of sp³-hybridized carbons (Fsp3) is 0.857. The molecule has 0 saturated heterocycles. The van der Waals surface area contributed by atoms with Crippen molar-refractivity contribution in [2.45, 2.75) is 72.6 Å². The molecule has 2 saturated carbocycles. The fourth-order valence-corrected chi connectivity index (χ4v) is 7.83. The minimum atomic E-state index is -0.572. The number of carboxylic acid groups (broad SMARTS) is 1. The highest BCUT2D eigenvalue weighted by Crippen LogP contribution is 2.71. The molecule has 1 N–H and O–H groups in total. The van der Waals surface area contributed by atoms with Crippen LogP contribution in [0.4, 0.5) is 0 Å². The Hall–Kier alpha value is -0.790. The van der Waals surface area contributed by atoms with E-state index in [2.05, 4.69) is 33.8 Å². The van der Waals surface area contributed by atoms with Crippen molar-refractivity contribution in [3.8, 4) is 0 Å². The number of hydrogen-bond acceptors (Lipinski definition) is 1. The van der Waals surface area contributed by atoms with E-state index in [4.69, 9.17) is 0 Å². The van der Waals surface area contributed by atoms with Crippen LogP contribution < -0.4 is 0 Å². The second-order valence-electron chi connectivity index (χ2n) is 10.00. The zero-order valence-electron chi connectivity index (χ0n) is 15.2. The molecule has 4 aliphatic rings. The van der Waals surface area contributed by atoms with E-state index < -0.39 is 5.97 Å². The second-order valence-corrected chi connectivity index (χ2v) is 10.00. The van der Waals surface area contributed by atoms with Crippen LogP contribution in [-0.2, 0) is 4.79 Å². The first-order valence-corrected chi connectivity index (χ1v) is 9.65. The molecular formula is C21H32O2. The SMILES string of the molecule is C[C@@H]1C[C@@]23C=C1CC[C@@H]2[C@@]1(C)CCC(C(=O)O)C(C)(C)[C@@H]1CC3. The van der Waals surface area contributed by atoms with Crippen LogP contribution in [-0.4, -0.2) is 11.1 Å². The molecule has 23 heavy (non-hydrogen) atoms. The lowest BCUT2D eigenvalue weighted by atomic mass is 9.40. The van der Waals surface area contributed by atoms with Crippen molar-refractivity contribution in [3.05, 3.63) is 11.6 Å². The molecule has 1 spiro atoms. The van der Waals surface area contributed by atoms with Gasteiger partial charge < -0.3 is 5.11 Å². The maximum absolute atomic E-state index is 11.8. The van der Waals surface area contributed by atoms with E-state index >= 15 is 0 Å². The summed E-state index contributed by atoms with van der Waals surface area (Å²) in [5.41, 5.74) is 2.43. The van der Waals surface area contributed by atoms with Gasteiger partial charge in [-0.1, -0.05) is 39.3 Å². The zero-order chi connectivity index (χ0) is 16.6. The third-order valence-corrected chi connectivity index (χ3v) is 8.76. The van der Waals surface area contributed by atoms with Crippen molar-refractivity contribution in [2.75, 3.05) is 0 Å². The number of hydrogen-bond donors (Lipinski definition) is 1. The van der Waals surface area contributed by atoms with Gasteiger partial charge in [-0.25, -0.2) is 0 Å². The molecular weight excluding hydrogens is 284 g/mol. The number of carbonyl (C=O) groups is 1. The van der Waals surface area contributed by atoms with Gasteiger partial charge in [-0.15, -0.1) is 0 Å². The van der Waals surface area contributed by atoms with Gasteiger partial charge in [-0.2, -0.15) is 0 Å². The van der Waals surface area contributed by atoms with Crippen LogP contribution in [0.2, 0.25) is 0 Å². The number of aliphatic carboxylic acids is 1. The Balaban J connectivity index is 1.73. The van der Waals surface area contributed by atoms with Crippen molar-refractivity contribution < 1.29 is 9.90 Å². The van der Waals surface area contributed by atoms with Gasteiger partial charge >= 0.3 is 5.97 Å². The quantitative estimate of drug-likeness (QED) is 0.668. The maximum atomic E-state index is 11.8. The summed E-state index contributed by atoms with van der Waals surface area (Å²) in [4.78, 5) is 11.8. The van der Waals surface area contributed by atoms with Crippen LogP contribution in [0.25, 0.3) is 0 Å². The lowest BCUT2D eigenvalue weighted by Crippen LogP contribution is -2.58. The Morgan fingerprint density at radius 3 is 2.57 bits per heavy atom. The lowest BCUT2D eigenvalue weighted by Gasteiger charge is -2.64. The third kappa shape index (κ3) is 1.90. The number of carboxylic acids is 1. The second kappa shape index (κ2) is 4.64. The van der Waals surface area contributed by atoms with Gasteiger partial charge in [0.1, 0.15) is 0 Å². The zero-order valence-corrected chi connectivity index (χ0v) is 15.2. The van der Waals surface area contributed by atoms with Gasteiger partial charge in [-0.3, -0.25) is 4.79 Å². The summed E-state index contributed by atoms with van der Waals surface area (Å²) in [7, 11) is 0. The molecule has 0 aromatic rings. The Morgan fingerprint density at radius 2 is 1.87 bits per heavy atom. The molecule has 4 aliphatic carbocycles. The topological polar surface area (TPSA) is 37.3 Å². The highest BCUT2D eigenvalue weighted by Gasteiger charge is 2.63. The molecule has 6 atom stereocenters. The van der Waals surface area contributed by atoms with Gasteiger partial charge in [-0.05, 0) is 78.9 Å². The van der Waals surface area contributed by atoms with Gasteiger partial charge in [0.15, 0.2) is 0 Å². The molecule has 1 unspecified atom stereocenters. The van der Waals surface area contributed by atoms with E-state index in [0.29, 0.717) is 16.7 Å². The van der Waals surface area contributed by atoms with E-state index in [0.717, 1.165) is 24.7 Å². The van der Waals surface area contributed by atoms with Crippen LogP contribution in [0, 0.1) is 39.9 Å². The number of rotatable bonds is 1. The van der Waals surface area contributed by atoms with E-state index in [1.165, 1.54) is 32.1 Å². The minimum absolute atomic E-state index is 0.0747. The van der Waals surface area contributed by atoms with E-state index in [1.807, 2.05) is 0 Å². The number of allylic oxidation sites excluding steroid dienone is 2. The average molecular weight is 316 g/mol. The molecule has 0 aliphatic heterocycles. The molecule has 0 aromatic heterocycles. The molecule has 2 heteroatoms. The van der Waals surface area contributed by atoms with Crippen molar-refractivity contribution in [2.24, 2.45) is 39.9 Å². The van der Waals surface area contributed by atoms with Crippen LogP contribution >= 0.6 is 0 Å². The molecule has 0 heterocycles. The van der Waals surface area contributed by atoms with Gasteiger partial charge in [0, 0.05) is 0 Å². The van der Waals surface area contributed by atoms with Crippen LogP contribution in [0.1, 0.15) is 72.6 Å². The molecule has 0 amide bonds. The minimum Gasteiger partial charge on any atom is -0.481 e.